The van der Waals surface area contributed by atoms with Gasteiger partial charge in [-0.1, -0.05) is 49.1 Å². The second-order valence-corrected chi connectivity index (χ2v) is 10.8. The fourth-order valence-corrected chi connectivity index (χ4v) is 2.95. The lowest BCUT2D eigenvalue weighted by atomic mass is 10.2. The summed E-state index contributed by atoms with van der Waals surface area (Å²) in [6, 6.07) is 8.80. The van der Waals surface area contributed by atoms with Crippen molar-refractivity contribution in [3.63, 3.8) is 0 Å². The van der Waals surface area contributed by atoms with Gasteiger partial charge in [-0.3, -0.25) is 4.79 Å². The summed E-state index contributed by atoms with van der Waals surface area (Å²) in [5.74, 6) is -0.135. The highest BCUT2D eigenvalue weighted by atomic mass is 28.3. The topological polar surface area (TPSA) is 38.3 Å². The zero-order valence-electron chi connectivity index (χ0n) is 12.5. The molecule has 0 aliphatic rings. The van der Waals surface area contributed by atoms with Crippen LogP contribution in [0.5, 0.6) is 0 Å². The molecule has 0 aromatic heterocycles. The van der Waals surface area contributed by atoms with Gasteiger partial charge in [0.15, 0.2) is 0 Å². The quantitative estimate of drug-likeness (QED) is 0.473. The van der Waals surface area contributed by atoms with Crippen LogP contribution in [0.1, 0.15) is 18.9 Å². The van der Waals surface area contributed by atoms with E-state index in [1.54, 1.807) is 0 Å². The van der Waals surface area contributed by atoms with Crippen molar-refractivity contribution in [3.8, 4) is 0 Å². The third-order valence-electron chi connectivity index (χ3n) is 2.96. The summed E-state index contributed by atoms with van der Waals surface area (Å²) in [6.07, 6.45) is 0.431. The van der Waals surface area contributed by atoms with Crippen molar-refractivity contribution in [2.45, 2.75) is 39.5 Å². The maximum absolute atomic E-state index is 11.2. The Morgan fingerprint density at radius 1 is 1.21 bits per heavy atom. The Balaban J connectivity index is 2.33. The molecule has 106 valence electrons. The summed E-state index contributed by atoms with van der Waals surface area (Å²) in [4.78, 5) is 11.2. The molecule has 0 amide bonds. The lowest BCUT2D eigenvalue weighted by molar-refractivity contribution is -0.142. The van der Waals surface area contributed by atoms with Crippen LogP contribution in [0.2, 0.25) is 19.6 Å². The van der Waals surface area contributed by atoms with Crippen molar-refractivity contribution in [1.82, 2.24) is 5.32 Å². The van der Waals surface area contributed by atoms with Crippen LogP contribution in [-0.4, -0.2) is 27.2 Å². The molecule has 0 unspecified atom stereocenters. The normalized spacial score (nSPS) is 11.4. The second kappa shape index (κ2) is 7.45. The van der Waals surface area contributed by atoms with E-state index in [1.165, 1.54) is 10.8 Å². The van der Waals surface area contributed by atoms with Crippen molar-refractivity contribution in [3.05, 3.63) is 29.8 Å². The molecule has 4 heteroatoms. The second-order valence-electron chi connectivity index (χ2n) is 5.68. The minimum Gasteiger partial charge on any atom is -0.466 e. The molecule has 0 bridgehead atoms. The van der Waals surface area contributed by atoms with E-state index < -0.39 is 8.07 Å². The first-order valence-corrected chi connectivity index (χ1v) is 10.4. The molecule has 1 aromatic rings. The summed E-state index contributed by atoms with van der Waals surface area (Å²) in [7, 11) is -1.20. The molecule has 0 saturated carbocycles. The van der Waals surface area contributed by atoms with Crippen LogP contribution in [0.4, 0.5) is 0 Å². The number of carbonyl (C=O) groups is 1. The van der Waals surface area contributed by atoms with Gasteiger partial charge in [0.25, 0.3) is 0 Å². The Morgan fingerprint density at radius 3 is 2.37 bits per heavy atom. The van der Waals surface area contributed by atoms with Gasteiger partial charge in [0.1, 0.15) is 0 Å². The summed E-state index contributed by atoms with van der Waals surface area (Å²) in [5.41, 5.74) is 1.26. The monoisotopic (exact) mass is 279 g/mol. The van der Waals surface area contributed by atoms with E-state index >= 15 is 0 Å². The van der Waals surface area contributed by atoms with Crippen molar-refractivity contribution in [2.24, 2.45) is 0 Å². The highest BCUT2D eigenvalue weighted by molar-refractivity contribution is 6.88. The minimum absolute atomic E-state index is 0.135. The Bertz CT molecular complexity index is 396. The molecule has 3 nitrogen and oxygen atoms in total. The predicted molar refractivity (Wildman–Crippen MR) is 82.4 cm³/mol. The summed E-state index contributed by atoms with van der Waals surface area (Å²) < 4.78 is 4.87. The minimum atomic E-state index is -1.20. The van der Waals surface area contributed by atoms with Crippen LogP contribution in [-0.2, 0) is 16.1 Å². The molecule has 1 aromatic carbocycles. The van der Waals surface area contributed by atoms with Crippen molar-refractivity contribution in [2.75, 3.05) is 13.2 Å². The maximum atomic E-state index is 11.2. The van der Waals surface area contributed by atoms with Crippen molar-refractivity contribution < 1.29 is 9.53 Å². The van der Waals surface area contributed by atoms with Crippen LogP contribution in [0.3, 0.4) is 0 Å². The summed E-state index contributed by atoms with van der Waals surface area (Å²) >= 11 is 0. The molecule has 19 heavy (non-hydrogen) atoms. The molecule has 1 N–H and O–H groups in total. The average molecular weight is 279 g/mol. The van der Waals surface area contributed by atoms with Crippen molar-refractivity contribution >= 4 is 19.2 Å². The van der Waals surface area contributed by atoms with Gasteiger partial charge in [-0.05, 0) is 12.5 Å². The van der Waals surface area contributed by atoms with Gasteiger partial charge < -0.3 is 10.1 Å². The number of hydrogen-bond acceptors (Lipinski definition) is 3. The molecule has 1 rings (SSSR count). The van der Waals surface area contributed by atoms with E-state index in [-0.39, 0.29) is 5.97 Å². The zero-order chi connectivity index (χ0) is 14.3. The number of nitrogens with one attached hydrogen (secondary N) is 1. The Labute approximate surface area is 117 Å². The van der Waals surface area contributed by atoms with Gasteiger partial charge in [-0.2, -0.15) is 0 Å². The molecule has 0 radical (unpaired) electrons. The molecule has 0 spiro atoms. The largest absolute Gasteiger partial charge is 0.466 e. The van der Waals surface area contributed by atoms with Gasteiger partial charge in [0, 0.05) is 13.1 Å². The first-order chi connectivity index (χ1) is 8.93. The summed E-state index contributed by atoms with van der Waals surface area (Å²) in [6.45, 7) is 10.8. The first kappa shape index (κ1) is 15.9. The number of ether oxygens (including phenoxy) is 1. The third-order valence-corrected chi connectivity index (χ3v) is 5.03. The van der Waals surface area contributed by atoms with Crippen LogP contribution < -0.4 is 10.5 Å². The highest BCUT2D eigenvalue weighted by Crippen LogP contribution is 2.04. The van der Waals surface area contributed by atoms with E-state index in [0.717, 1.165) is 6.54 Å². The number of rotatable bonds is 7. The lowest BCUT2D eigenvalue weighted by Crippen LogP contribution is -2.37. The lowest BCUT2D eigenvalue weighted by Gasteiger charge is -2.16. The van der Waals surface area contributed by atoms with E-state index in [0.29, 0.717) is 19.6 Å². The van der Waals surface area contributed by atoms with Gasteiger partial charge in [0.2, 0.25) is 0 Å². The summed E-state index contributed by atoms with van der Waals surface area (Å²) in [5, 5.41) is 4.73. The van der Waals surface area contributed by atoms with Crippen molar-refractivity contribution in [1.29, 1.82) is 0 Å². The predicted octanol–water partition coefficient (Wildman–Crippen LogP) is 2.27. The van der Waals surface area contributed by atoms with Crippen LogP contribution in [0.25, 0.3) is 0 Å². The van der Waals surface area contributed by atoms with E-state index in [2.05, 4.69) is 49.2 Å². The van der Waals surface area contributed by atoms with E-state index in [1.807, 2.05) is 6.92 Å². The standard InChI is InChI=1S/C15H25NO2Si/c1-5-18-15(17)10-11-16-12-13-6-8-14(9-7-13)19(2,3)4/h6-9,16H,5,10-12H2,1-4H3. The molecule has 0 atom stereocenters. The molecule has 0 aliphatic carbocycles. The van der Waals surface area contributed by atoms with Crippen LogP contribution in [0.15, 0.2) is 24.3 Å². The van der Waals surface area contributed by atoms with E-state index in [9.17, 15) is 4.79 Å². The highest BCUT2D eigenvalue weighted by Gasteiger charge is 2.15. The zero-order valence-corrected chi connectivity index (χ0v) is 13.5. The SMILES string of the molecule is CCOC(=O)CCNCc1ccc([Si](C)(C)C)cc1. The molecule has 0 fully saturated rings. The molecular weight excluding hydrogens is 254 g/mol. The van der Waals surface area contributed by atoms with Crippen LogP contribution >= 0.6 is 0 Å². The van der Waals surface area contributed by atoms with Gasteiger partial charge in [-0.15, -0.1) is 0 Å². The Morgan fingerprint density at radius 2 is 1.84 bits per heavy atom. The first-order valence-electron chi connectivity index (χ1n) is 6.89. The Hall–Kier alpha value is -1.13. The molecule has 0 aliphatic heterocycles. The smallest absolute Gasteiger partial charge is 0.307 e. The molecule has 0 heterocycles. The van der Waals surface area contributed by atoms with Gasteiger partial charge in [-0.25, -0.2) is 0 Å². The number of carbonyl (C=O) groups excluding carboxylic acids is 1. The van der Waals surface area contributed by atoms with Gasteiger partial charge in [0.05, 0.1) is 21.1 Å². The fraction of sp³-hybridized carbons (Fsp3) is 0.533. The maximum Gasteiger partial charge on any atom is 0.307 e. The number of hydrogen-bond donors (Lipinski definition) is 1. The third kappa shape index (κ3) is 6.03. The average Bonchev–Trinajstić information content (AvgIpc) is 2.34. The van der Waals surface area contributed by atoms with Crippen LogP contribution in [0, 0.1) is 0 Å². The molecular formula is C15H25NO2Si. The van der Waals surface area contributed by atoms with Gasteiger partial charge >= 0.3 is 5.97 Å². The fourth-order valence-electron chi connectivity index (χ4n) is 1.78. The van der Waals surface area contributed by atoms with E-state index in [4.69, 9.17) is 4.74 Å². The number of esters is 1. The number of benzene rings is 1. The Kier molecular flexibility index (Phi) is 6.25. The molecule has 0 saturated heterocycles.